The quantitative estimate of drug-likeness (QED) is 0.859. The Hall–Kier alpha value is -2.36. The Bertz CT molecular complexity index is 644. The minimum Gasteiger partial charge on any atom is -0.478 e. The van der Waals surface area contributed by atoms with Crippen LogP contribution in [-0.4, -0.2) is 23.1 Å². The highest BCUT2D eigenvalue weighted by molar-refractivity contribution is 5.98. The maximum absolute atomic E-state index is 11.8. The summed E-state index contributed by atoms with van der Waals surface area (Å²) in [6.07, 6.45) is -0.169. The number of aromatic carboxylic acids is 1. The van der Waals surface area contributed by atoms with Crippen LogP contribution >= 0.6 is 0 Å². The lowest BCUT2D eigenvalue weighted by Gasteiger charge is -2.08. The number of rotatable bonds is 3. The van der Waals surface area contributed by atoms with Crippen LogP contribution in [0.2, 0.25) is 0 Å². The second kappa shape index (κ2) is 5.10. The van der Waals surface area contributed by atoms with Gasteiger partial charge in [-0.25, -0.2) is 9.59 Å². The van der Waals surface area contributed by atoms with E-state index in [2.05, 4.69) is 0 Å². The van der Waals surface area contributed by atoms with E-state index < -0.39 is 5.97 Å². The summed E-state index contributed by atoms with van der Waals surface area (Å²) < 4.78 is 5.11. The molecule has 2 aromatic carbocycles. The van der Waals surface area contributed by atoms with Gasteiger partial charge < -0.3 is 9.84 Å². The largest absolute Gasteiger partial charge is 0.478 e. The fourth-order valence-electron chi connectivity index (χ4n) is 1.79. The number of ether oxygens (including phenoxy) is 1. The van der Waals surface area contributed by atoms with Gasteiger partial charge in [-0.1, -0.05) is 12.1 Å². The Kier molecular flexibility index (Phi) is 3.51. The van der Waals surface area contributed by atoms with Crippen LogP contribution in [-0.2, 0) is 4.74 Å². The molecule has 4 nitrogen and oxygen atoms in total. The summed E-state index contributed by atoms with van der Waals surface area (Å²) in [6, 6.07) is 9.84. The van der Waals surface area contributed by atoms with Gasteiger partial charge in [0.25, 0.3) is 0 Å². The summed E-state index contributed by atoms with van der Waals surface area (Å²) in [5, 5.41) is 10.5. The molecule has 0 aliphatic rings. The van der Waals surface area contributed by atoms with Crippen molar-refractivity contribution < 1.29 is 19.4 Å². The van der Waals surface area contributed by atoms with Gasteiger partial charge in [0.05, 0.1) is 17.2 Å². The SMILES string of the molecule is CC(C)OC(=O)c1ccc2cc(C(=O)O)ccc2c1. The number of carboxylic acids is 1. The third-order valence-electron chi connectivity index (χ3n) is 2.67. The lowest BCUT2D eigenvalue weighted by Crippen LogP contribution is -2.11. The van der Waals surface area contributed by atoms with Crippen molar-refractivity contribution in [1.29, 1.82) is 0 Å². The molecular weight excluding hydrogens is 244 g/mol. The molecule has 0 heterocycles. The summed E-state index contributed by atoms with van der Waals surface area (Å²) in [7, 11) is 0. The standard InChI is InChI=1S/C15H14O4/c1-9(2)19-15(18)13-6-4-10-7-12(14(16)17)5-3-11(10)8-13/h3-9H,1-2H3,(H,16,17). The van der Waals surface area contributed by atoms with Crippen molar-refractivity contribution in [2.75, 3.05) is 0 Å². The Morgan fingerprint density at radius 2 is 1.53 bits per heavy atom. The Balaban J connectivity index is 2.39. The summed E-state index contributed by atoms with van der Waals surface area (Å²) in [5.41, 5.74) is 0.689. The first-order chi connectivity index (χ1) is 8.97. The first kappa shape index (κ1) is 13.1. The van der Waals surface area contributed by atoms with E-state index >= 15 is 0 Å². The maximum atomic E-state index is 11.8. The molecule has 0 saturated carbocycles. The average Bonchev–Trinajstić information content (AvgIpc) is 2.36. The van der Waals surface area contributed by atoms with E-state index in [9.17, 15) is 9.59 Å². The van der Waals surface area contributed by atoms with Crippen LogP contribution in [0.4, 0.5) is 0 Å². The summed E-state index contributed by atoms with van der Waals surface area (Å²) in [4.78, 5) is 22.6. The average molecular weight is 258 g/mol. The number of hydrogen-bond donors (Lipinski definition) is 1. The third kappa shape index (κ3) is 2.91. The van der Waals surface area contributed by atoms with Crippen molar-refractivity contribution in [2.45, 2.75) is 20.0 Å². The fourth-order valence-corrected chi connectivity index (χ4v) is 1.79. The van der Waals surface area contributed by atoms with Crippen LogP contribution in [0, 0.1) is 0 Å². The van der Waals surface area contributed by atoms with E-state index in [1.54, 1.807) is 44.2 Å². The fraction of sp³-hybridized carbons (Fsp3) is 0.200. The lowest BCUT2D eigenvalue weighted by molar-refractivity contribution is 0.0377. The zero-order valence-electron chi connectivity index (χ0n) is 10.7. The smallest absolute Gasteiger partial charge is 0.338 e. The van der Waals surface area contributed by atoms with Gasteiger partial charge in [0.2, 0.25) is 0 Å². The molecule has 0 fully saturated rings. The minimum absolute atomic E-state index is 0.169. The summed E-state index contributed by atoms with van der Waals surface area (Å²) in [5.74, 6) is -1.34. The Labute approximate surface area is 110 Å². The molecule has 98 valence electrons. The highest BCUT2D eigenvalue weighted by Gasteiger charge is 2.10. The second-order valence-corrected chi connectivity index (χ2v) is 4.54. The molecular formula is C15H14O4. The van der Waals surface area contributed by atoms with E-state index in [4.69, 9.17) is 9.84 Å². The molecule has 19 heavy (non-hydrogen) atoms. The molecule has 0 radical (unpaired) electrons. The zero-order valence-corrected chi connectivity index (χ0v) is 10.7. The molecule has 0 spiro atoms. The number of benzene rings is 2. The van der Waals surface area contributed by atoms with E-state index in [0.29, 0.717) is 5.56 Å². The summed E-state index contributed by atoms with van der Waals surface area (Å²) >= 11 is 0. The van der Waals surface area contributed by atoms with E-state index in [1.165, 1.54) is 6.07 Å². The van der Waals surface area contributed by atoms with Crippen LogP contribution < -0.4 is 0 Å². The number of hydrogen-bond acceptors (Lipinski definition) is 3. The molecule has 4 heteroatoms. The maximum Gasteiger partial charge on any atom is 0.338 e. The zero-order chi connectivity index (χ0) is 14.0. The topological polar surface area (TPSA) is 63.6 Å². The van der Waals surface area contributed by atoms with E-state index in [1.807, 2.05) is 0 Å². The van der Waals surface area contributed by atoms with Gasteiger partial charge in [0.15, 0.2) is 0 Å². The van der Waals surface area contributed by atoms with Gasteiger partial charge in [-0.15, -0.1) is 0 Å². The van der Waals surface area contributed by atoms with Crippen LogP contribution in [0.25, 0.3) is 10.8 Å². The second-order valence-electron chi connectivity index (χ2n) is 4.54. The molecule has 0 amide bonds. The van der Waals surface area contributed by atoms with Crippen molar-refractivity contribution in [2.24, 2.45) is 0 Å². The van der Waals surface area contributed by atoms with Crippen molar-refractivity contribution in [3.63, 3.8) is 0 Å². The molecule has 0 aliphatic heterocycles. The number of fused-ring (bicyclic) bond motifs is 1. The molecule has 0 bridgehead atoms. The Morgan fingerprint density at radius 1 is 1.00 bits per heavy atom. The van der Waals surface area contributed by atoms with Gasteiger partial charge in [0.1, 0.15) is 0 Å². The normalized spacial score (nSPS) is 10.7. The molecule has 2 rings (SSSR count). The monoisotopic (exact) mass is 258 g/mol. The van der Waals surface area contributed by atoms with Gasteiger partial charge in [-0.3, -0.25) is 0 Å². The van der Waals surface area contributed by atoms with Crippen molar-refractivity contribution in [3.05, 3.63) is 47.5 Å². The predicted octanol–water partition coefficient (Wildman–Crippen LogP) is 3.10. The first-order valence-corrected chi connectivity index (χ1v) is 5.95. The molecule has 1 N–H and O–H groups in total. The van der Waals surface area contributed by atoms with Crippen molar-refractivity contribution >= 4 is 22.7 Å². The van der Waals surface area contributed by atoms with Crippen molar-refractivity contribution in [3.8, 4) is 0 Å². The van der Waals surface area contributed by atoms with Gasteiger partial charge in [-0.05, 0) is 48.9 Å². The van der Waals surface area contributed by atoms with Crippen LogP contribution in [0.5, 0.6) is 0 Å². The number of esters is 1. The molecule has 2 aromatic rings. The van der Waals surface area contributed by atoms with Crippen LogP contribution in [0.3, 0.4) is 0 Å². The Morgan fingerprint density at radius 3 is 2.05 bits per heavy atom. The molecule has 0 unspecified atom stereocenters. The van der Waals surface area contributed by atoms with Crippen molar-refractivity contribution in [1.82, 2.24) is 0 Å². The summed E-state index contributed by atoms with van der Waals surface area (Å²) in [6.45, 7) is 3.58. The van der Waals surface area contributed by atoms with Crippen LogP contribution in [0.1, 0.15) is 34.6 Å². The molecule has 0 saturated heterocycles. The predicted molar refractivity (Wildman–Crippen MR) is 71.5 cm³/mol. The van der Waals surface area contributed by atoms with Gasteiger partial charge in [0, 0.05) is 0 Å². The minimum atomic E-state index is -0.967. The third-order valence-corrected chi connectivity index (χ3v) is 2.67. The van der Waals surface area contributed by atoms with Gasteiger partial charge >= 0.3 is 11.9 Å². The number of carbonyl (C=O) groups is 2. The van der Waals surface area contributed by atoms with Gasteiger partial charge in [-0.2, -0.15) is 0 Å². The highest BCUT2D eigenvalue weighted by Crippen LogP contribution is 2.19. The number of carbonyl (C=O) groups excluding carboxylic acids is 1. The van der Waals surface area contributed by atoms with E-state index in [-0.39, 0.29) is 17.6 Å². The van der Waals surface area contributed by atoms with E-state index in [0.717, 1.165) is 10.8 Å². The molecule has 0 aliphatic carbocycles. The molecule has 0 atom stereocenters. The molecule has 0 aromatic heterocycles. The van der Waals surface area contributed by atoms with Crippen LogP contribution in [0.15, 0.2) is 36.4 Å². The lowest BCUT2D eigenvalue weighted by atomic mass is 10.0. The first-order valence-electron chi connectivity index (χ1n) is 5.95. The number of carboxylic acid groups (broad SMARTS) is 1. The highest BCUT2D eigenvalue weighted by atomic mass is 16.5.